The molecule has 1 aliphatic heterocycles. The third kappa shape index (κ3) is 2.73. The molecule has 0 atom stereocenters. The number of benzene rings is 1. The minimum absolute atomic E-state index is 0.357. The number of aromatic nitrogens is 3. The normalized spacial score (nSPS) is 15.0. The molecule has 1 fully saturated rings. The van der Waals surface area contributed by atoms with Crippen molar-refractivity contribution in [3.8, 4) is 11.8 Å². The molecule has 3 rings (SSSR count). The van der Waals surface area contributed by atoms with Crippen LogP contribution in [-0.4, -0.2) is 41.3 Å². The monoisotopic (exact) mass is 283 g/mol. The van der Waals surface area contributed by atoms with E-state index < -0.39 is 0 Å². The Labute approximate surface area is 123 Å². The lowest BCUT2D eigenvalue weighted by Gasteiger charge is -2.26. The summed E-state index contributed by atoms with van der Waals surface area (Å²) >= 11 is 0. The fourth-order valence-electron chi connectivity index (χ4n) is 2.54. The summed E-state index contributed by atoms with van der Waals surface area (Å²) in [6.07, 6.45) is 0. The van der Waals surface area contributed by atoms with E-state index in [0.717, 1.165) is 29.9 Å². The van der Waals surface area contributed by atoms with Gasteiger partial charge in [-0.15, -0.1) is 15.0 Å². The zero-order chi connectivity index (χ0) is 14.8. The fraction of sp³-hybridized carbons (Fsp3) is 0.400. The van der Waals surface area contributed by atoms with E-state index in [0.29, 0.717) is 24.7 Å². The molecule has 6 heteroatoms. The number of ether oxygens (including phenoxy) is 1. The average Bonchev–Trinajstić information content (AvgIpc) is 2.91. The number of hydrogen-bond acceptors (Lipinski definition) is 5. The molecule has 0 radical (unpaired) electrons. The van der Waals surface area contributed by atoms with Crippen LogP contribution in [0.15, 0.2) is 18.2 Å². The quantitative estimate of drug-likeness (QED) is 0.837. The molecule has 2 heterocycles. The van der Waals surface area contributed by atoms with Crippen LogP contribution in [0.2, 0.25) is 0 Å². The first-order chi connectivity index (χ1) is 10.2. The number of nitrogens with zero attached hydrogens (tertiary/aromatic N) is 5. The predicted octanol–water partition coefficient (Wildman–Crippen LogP) is 1.59. The van der Waals surface area contributed by atoms with Crippen molar-refractivity contribution in [2.24, 2.45) is 0 Å². The first-order valence-electron chi connectivity index (χ1n) is 6.96. The van der Waals surface area contributed by atoms with Gasteiger partial charge in [0.25, 0.3) is 0 Å². The van der Waals surface area contributed by atoms with E-state index in [1.54, 1.807) is 4.80 Å². The summed E-state index contributed by atoms with van der Waals surface area (Å²) in [6.45, 7) is 6.85. The molecular formula is C15H17N5O. The van der Waals surface area contributed by atoms with Gasteiger partial charge in [0.2, 0.25) is 5.69 Å². The SMILES string of the molecule is Cc1cc(C)cc(-n2nc(C#N)c(N3CCOCC3)n2)c1. The molecule has 2 aromatic rings. The van der Waals surface area contributed by atoms with E-state index in [1.807, 2.05) is 30.9 Å². The van der Waals surface area contributed by atoms with Crippen molar-refractivity contribution in [3.63, 3.8) is 0 Å². The molecular weight excluding hydrogens is 266 g/mol. The maximum absolute atomic E-state index is 9.29. The lowest BCUT2D eigenvalue weighted by Crippen LogP contribution is -2.37. The van der Waals surface area contributed by atoms with Crippen LogP contribution in [0, 0.1) is 25.2 Å². The summed E-state index contributed by atoms with van der Waals surface area (Å²) in [6, 6.07) is 8.26. The van der Waals surface area contributed by atoms with Crippen molar-refractivity contribution in [3.05, 3.63) is 35.0 Å². The van der Waals surface area contributed by atoms with E-state index in [4.69, 9.17) is 4.74 Å². The molecule has 0 N–H and O–H groups in total. The Morgan fingerprint density at radius 3 is 2.38 bits per heavy atom. The zero-order valence-electron chi connectivity index (χ0n) is 12.2. The van der Waals surface area contributed by atoms with E-state index >= 15 is 0 Å². The first kappa shape index (κ1) is 13.6. The van der Waals surface area contributed by atoms with Gasteiger partial charge in [0, 0.05) is 13.1 Å². The molecule has 0 aliphatic carbocycles. The molecule has 1 aliphatic rings. The minimum atomic E-state index is 0.357. The molecule has 108 valence electrons. The minimum Gasteiger partial charge on any atom is -0.378 e. The van der Waals surface area contributed by atoms with Crippen molar-refractivity contribution in [2.45, 2.75) is 13.8 Å². The van der Waals surface area contributed by atoms with Crippen LogP contribution >= 0.6 is 0 Å². The zero-order valence-corrected chi connectivity index (χ0v) is 12.2. The summed E-state index contributed by atoms with van der Waals surface area (Å²) in [5, 5.41) is 18.1. The van der Waals surface area contributed by atoms with E-state index in [2.05, 4.69) is 22.3 Å². The van der Waals surface area contributed by atoms with Gasteiger partial charge in [0.1, 0.15) is 6.07 Å². The van der Waals surface area contributed by atoms with E-state index in [1.165, 1.54) is 0 Å². The van der Waals surface area contributed by atoms with Gasteiger partial charge < -0.3 is 9.64 Å². The third-order valence-corrected chi connectivity index (χ3v) is 3.45. The Balaban J connectivity index is 2.00. The molecule has 0 spiro atoms. The van der Waals surface area contributed by atoms with Crippen LogP contribution in [0.25, 0.3) is 5.69 Å². The van der Waals surface area contributed by atoms with Crippen molar-refractivity contribution in [1.82, 2.24) is 15.0 Å². The molecule has 1 aromatic carbocycles. The van der Waals surface area contributed by atoms with Crippen LogP contribution in [-0.2, 0) is 4.74 Å². The molecule has 1 aromatic heterocycles. The standard InChI is InChI=1S/C15H17N5O/c1-11-7-12(2)9-13(8-11)20-17-14(10-16)15(18-20)19-3-5-21-6-4-19/h7-9H,3-6H2,1-2H3. The summed E-state index contributed by atoms with van der Waals surface area (Å²) in [4.78, 5) is 3.59. The molecule has 1 saturated heterocycles. The van der Waals surface area contributed by atoms with Crippen LogP contribution in [0.1, 0.15) is 16.8 Å². The van der Waals surface area contributed by atoms with Gasteiger partial charge in [-0.3, -0.25) is 0 Å². The Bertz CT molecular complexity index is 674. The summed E-state index contributed by atoms with van der Waals surface area (Å²) in [5.41, 5.74) is 3.53. The van der Waals surface area contributed by atoms with Crippen molar-refractivity contribution >= 4 is 5.82 Å². The Hall–Kier alpha value is -2.39. The fourth-order valence-corrected chi connectivity index (χ4v) is 2.54. The molecule has 0 unspecified atom stereocenters. The molecule has 6 nitrogen and oxygen atoms in total. The smallest absolute Gasteiger partial charge is 0.207 e. The number of anilines is 1. The van der Waals surface area contributed by atoms with Gasteiger partial charge in [-0.1, -0.05) is 6.07 Å². The van der Waals surface area contributed by atoms with Gasteiger partial charge in [0.05, 0.1) is 18.9 Å². The lowest BCUT2D eigenvalue weighted by atomic mass is 10.1. The first-order valence-corrected chi connectivity index (χ1v) is 6.96. The van der Waals surface area contributed by atoms with Crippen LogP contribution in [0.4, 0.5) is 5.82 Å². The highest BCUT2D eigenvalue weighted by Gasteiger charge is 2.20. The number of rotatable bonds is 2. The van der Waals surface area contributed by atoms with Gasteiger partial charge in [-0.25, -0.2) is 0 Å². The lowest BCUT2D eigenvalue weighted by molar-refractivity contribution is 0.122. The third-order valence-electron chi connectivity index (χ3n) is 3.45. The van der Waals surface area contributed by atoms with Gasteiger partial charge in [-0.2, -0.15) is 5.26 Å². The molecule has 0 amide bonds. The highest BCUT2D eigenvalue weighted by Crippen LogP contribution is 2.19. The molecule has 21 heavy (non-hydrogen) atoms. The second-order valence-electron chi connectivity index (χ2n) is 5.22. The maximum Gasteiger partial charge on any atom is 0.207 e. The topological polar surface area (TPSA) is 67.0 Å². The van der Waals surface area contributed by atoms with E-state index in [-0.39, 0.29) is 0 Å². The van der Waals surface area contributed by atoms with E-state index in [9.17, 15) is 5.26 Å². The summed E-state index contributed by atoms with van der Waals surface area (Å²) in [7, 11) is 0. The van der Waals surface area contributed by atoms with Crippen LogP contribution in [0.3, 0.4) is 0 Å². The number of aryl methyl sites for hydroxylation is 2. The maximum atomic E-state index is 9.29. The molecule has 0 bridgehead atoms. The Morgan fingerprint density at radius 2 is 1.76 bits per heavy atom. The molecule has 0 saturated carbocycles. The van der Waals surface area contributed by atoms with Crippen LogP contribution in [0.5, 0.6) is 0 Å². The van der Waals surface area contributed by atoms with Crippen molar-refractivity contribution in [1.29, 1.82) is 5.26 Å². The predicted molar refractivity (Wildman–Crippen MR) is 78.6 cm³/mol. The van der Waals surface area contributed by atoms with Crippen molar-refractivity contribution in [2.75, 3.05) is 31.2 Å². The number of nitriles is 1. The second kappa shape index (κ2) is 5.54. The Kier molecular flexibility index (Phi) is 3.59. The van der Waals surface area contributed by atoms with Gasteiger partial charge in [-0.05, 0) is 37.1 Å². The van der Waals surface area contributed by atoms with Gasteiger partial charge >= 0.3 is 0 Å². The van der Waals surface area contributed by atoms with Crippen molar-refractivity contribution < 1.29 is 4.74 Å². The Morgan fingerprint density at radius 1 is 1.10 bits per heavy atom. The van der Waals surface area contributed by atoms with Gasteiger partial charge in [0.15, 0.2) is 5.82 Å². The highest BCUT2D eigenvalue weighted by molar-refractivity contribution is 5.51. The average molecular weight is 283 g/mol. The number of hydrogen-bond donors (Lipinski definition) is 0. The summed E-state index contributed by atoms with van der Waals surface area (Å²) < 4.78 is 5.34. The second-order valence-corrected chi connectivity index (χ2v) is 5.22. The largest absolute Gasteiger partial charge is 0.378 e. The summed E-state index contributed by atoms with van der Waals surface area (Å²) in [5.74, 6) is 0.639. The van der Waals surface area contributed by atoms with Crippen LogP contribution < -0.4 is 4.90 Å². The highest BCUT2D eigenvalue weighted by atomic mass is 16.5. The number of morpholine rings is 1.